The lowest BCUT2D eigenvalue weighted by Crippen LogP contribution is -2.60. The molecule has 0 radical (unpaired) electrons. The molecule has 0 saturated carbocycles. The van der Waals surface area contributed by atoms with Crippen LogP contribution in [0.1, 0.15) is 258 Å². The second kappa shape index (κ2) is 46.6. The van der Waals surface area contributed by atoms with Gasteiger partial charge in [-0.25, -0.2) is 4.18 Å². The summed E-state index contributed by atoms with van der Waals surface area (Å²) in [7, 11) is -5.06. The van der Waals surface area contributed by atoms with E-state index < -0.39 is 59.8 Å². The summed E-state index contributed by atoms with van der Waals surface area (Å²) >= 11 is 0. The van der Waals surface area contributed by atoms with Gasteiger partial charge >= 0.3 is 16.4 Å². The lowest BCUT2D eigenvalue weighted by Gasteiger charge is -2.41. The molecule has 6 atom stereocenters. The van der Waals surface area contributed by atoms with Crippen molar-refractivity contribution in [1.82, 2.24) is 0 Å². The van der Waals surface area contributed by atoms with Crippen molar-refractivity contribution < 1.29 is 56.2 Å². The minimum Gasteiger partial charge on any atom is -0.457 e. The number of rotatable bonds is 50. The van der Waals surface area contributed by atoms with Crippen LogP contribution in [0.2, 0.25) is 0 Å². The van der Waals surface area contributed by atoms with Crippen molar-refractivity contribution in [2.45, 2.75) is 295 Å². The van der Waals surface area contributed by atoms with E-state index in [1.165, 1.54) is 180 Å². The molecule has 1 rings (SSSR count). The summed E-state index contributed by atoms with van der Waals surface area (Å²) in [5, 5.41) is 30.8. The molecule has 0 aromatic rings. The highest BCUT2D eigenvalue weighted by atomic mass is 32.3. The van der Waals surface area contributed by atoms with Crippen LogP contribution in [0, 0.1) is 0 Å². The normalized spacial score (nSPS) is 19.4. The van der Waals surface area contributed by atoms with Crippen LogP contribution in [-0.2, 0) is 38.3 Å². The molecule has 1 aliphatic heterocycles. The summed E-state index contributed by atoms with van der Waals surface area (Å²) in [6.07, 6.45) is 46.4. The summed E-state index contributed by atoms with van der Waals surface area (Å²) in [5.41, 5.74) is 0. The second-order valence-electron chi connectivity index (χ2n) is 19.5. The van der Waals surface area contributed by atoms with Gasteiger partial charge in [0.2, 0.25) is 0 Å². The maximum absolute atomic E-state index is 12.9. The van der Waals surface area contributed by atoms with Gasteiger partial charge in [-0.05, 0) is 44.9 Å². The molecular formula is C55H104O12S. The minimum absolute atomic E-state index is 0.0364. The Kier molecular flexibility index (Phi) is 44.3. The van der Waals surface area contributed by atoms with Crippen molar-refractivity contribution in [3.05, 3.63) is 24.3 Å². The molecule has 68 heavy (non-hydrogen) atoms. The second-order valence-corrected chi connectivity index (χ2v) is 20.6. The topological polar surface area (TPSA) is 178 Å². The fourth-order valence-electron chi connectivity index (χ4n) is 8.82. The molecule has 13 heteroatoms. The highest BCUT2D eigenvalue weighted by Gasteiger charge is 2.48. The van der Waals surface area contributed by atoms with Crippen LogP contribution in [0.15, 0.2) is 24.3 Å². The van der Waals surface area contributed by atoms with Gasteiger partial charge in [-0.2, -0.15) is 8.42 Å². The van der Waals surface area contributed by atoms with E-state index in [0.717, 1.165) is 51.4 Å². The van der Waals surface area contributed by atoms with Crippen LogP contribution in [0.4, 0.5) is 0 Å². The quantitative estimate of drug-likeness (QED) is 0.0196. The third-order valence-corrected chi connectivity index (χ3v) is 13.5. The van der Waals surface area contributed by atoms with Crippen LogP contribution in [-0.4, -0.2) is 97.5 Å². The van der Waals surface area contributed by atoms with E-state index in [0.29, 0.717) is 13.0 Å². The summed E-state index contributed by atoms with van der Waals surface area (Å²) < 4.78 is 59.4. The lowest BCUT2D eigenvalue weighted by molar-refractivity contribution is -0.301. The molecular weight excluding hydrogens is 885 g/mol. The van der Waals surface area contributed by atoms with Crippen molar-refractivity contribution >= 4 is 16.4 Å². The van der Waals surface area contributed by atoms with Gasteiger partial charge in [0.15, 0.2) is 6.29 Å². The molecule has 0 aromatic heterocycles. The van der Waals surface area contributed by atoms with Gasteiger partial charge in [0, 0.05) is 13.0 Å². The van der Waals surface area contributed by atoms with Crippen molar-refractivity contribution in [2.75, 3.05) is 26.4 Å². The van der Waals surface area contributed by atoms with E-state index in [1.54, 1.807) is 0 Å². The van der Waals surface area contributed by atoms with E-state index in [9.17, 15) is 33.1 Å². The van der Waals surface area contributed by atoms with E-state index in [-0.39, 0.29) is 19.6 Å². The highest BCUT2D eigenvalue weighted by molar-refractivity contribution is 7.80. The van der Waals surface area contributed by atoms with E-state index in [4.69, 9.17) is 18.9 Å². The number of allylic oxidation sites excluding steroid dienone is 4. The van der Waals surface area contributed by atoms with Crippen molar-refractivity contribution in [2.24, 2.45) is 0 Å². The van der Waals surface area contributed by atoms with Crippen LogP contribution in [0.5, 0.6) is 0 Å². The van der Waals surface area contributed by atoms with Crippen molar-refractivity contribution in [3.63, 3.8) is 0 Å². The smallest absolute Gasteiger partial charge is 0.397 e. The summed E-state index contributed by atoms with van der Waals surface area (Å²) in [4.78, 5) is 12.9. The van der Waals surface area contributed by atoms with Gasteiger partial charge in [-0.3, -0.25) is 9.35 Å². The number of ether oxygens (including phenoxy) is 4. The highest BCUT2D eigenvalue weighted by Crippen LogP contribution is 2.26. The lowest BCUT2D eigenvalue weighted by atomic mass is 9.99. The van der Waals surface area contributed by atoms with Crippen LogP contribution in [0.3, 0.4) is 0 Å². The molecule has 4 N–H and O–H groups in total. The average Bonchev–Trinajstić information content (AvgIpc) is 3.31. The molecule has 0 aliphatic carbocycles. The van der Waals surface area contributed by atoms with Gasteiger partial charge in [-0.15, -0.1) is 0 Å². The fraction of sp³-hybridized carbons (Fsp3) is 0.909. The van der Waals surface area contributed by atoms with E-state index in [1.807, 2.05) is 0 Å². The van der Waals surface area contributed by atoms with Gasteiger partial charge in [0.25, 0.3) is 0 Å². The Balaban J connectivity index is 2.30. The molecule has 1 fully saturated rings. The first kappa shape index (κ1) is 64.6. The maximum Gasteiger partial charge on any atom is 0.397 e. The predicted molar refractivity (Wildman–Crippen MR) is 276 cm³/mol. The Bertz CT molecular complexity index is 1280. The Labute approximate surface area is 416 Å². The molecule has 0 bridgehead atoms. The van der Waals surface area contributed by atoms with Gasteiger partial charge in [-0.1, -0.05) is 231 Å². The molecule has 1 saturated heterocycles. The molecule has 402 valence electrons. The number of aliphatic hydroxyl groups excluding tert-OH is 3. The van der Waals surface area contributed by atoms with Gasteiger partial charge < -0.3 is 34.3 Å². The first-order valence-electron chi connectivity index (χ1n) is 28.1. The number of unbranched alkanes of at least 4 members (excludes halogenated alkanes) is 33. The fourth-order valence-corrected chi connectivity index (χ4v) is 9.33. The Hall–Kier alpha value is -1.42. The first-order chi connectivity index (χ1) is 33.1. The largest absolute Gasteiger partial charge is 0.457 e. The Morgan fingerprint density at radius 1 is 0.559 bits per heavy atom. The first-order valence-corrected chi connectivity index (χ1v) is 29.5. The third kappa shape index (κ3) is 39.2. The molecule has 1 aliphatic rings. The van der Waals surface area contributed by atoms with Gasteiger partial charge in [0.05, 0.1) is 19.8 Å². The number of hydrogen-bond acceptors (Lipinski definition) is 11. The standard InChI is InChI=1S/C55H104O12S/c1-3-5-7-9-11-13-15-17-19-21-23-24-25-26-27-28-30-32-34-36-38-40-42-44-51(57)65-49(48-64-55-53(59)54(67-68(60,61)62)52(58)50(46-56)66-55)47-63-45-43-41-39-37-35-33-31-29-22-20-18-16-14-12-10-8-6-4-2/h12,14,18,20,49-50,52-56,58-59H,3-11,13,15-17,19,21-48H2,1-2H3,(H,60,61,62)/b14-12-,20-18-. The Morgan fingerprint density at radius 3 is 1.43 bits per heavy atom. The Morgan fingerprint density at radius 2 is 0.971 bits per heavy atom. The summed E-state index contributed by atoms with van der Waals surface area (Å²) in [6, 6.07) is 0. The zero-order valence-electron chi connectivity index (χ0n) is 43.4. The molecule has 1 heterocycles. The predicted octanol–water partition coefficient (Wildman–Crippen LogP) is 13.5. The van der Waals surface area contributed by atoms with Gasteiger partial charge in [0.1, 0.15) is 30.5 Å². The summed E-state index contributed by atoms with van der Waals surface area (Å²) in [5.74, 6) is -0.395. The van der Waals surface area contributed by atoms with Crippen molar-refractivity contribution in [1.29, 1.82) is 0 Å². The monoisotopic (exact) mass is 989 g/mol. The SMILES string of the molecule is CCCCC/C=C\C/C=C\CCCCCCCCCCOCC(COC1OC(CO)C(O)C(OS(=O)(=O)O)C1O)OC(=O)CCCCCCCCCCCCCCCCCCCCCCCCC. The molecule has 0 spiro atoms. The van der Waals surface area contributed by atoms with E-state index >= 15 is 0 Å². The number of carbonyl (C=O) groups is 1. The number of aliphatic hydroxyl groups is 3. The zero-order valence-corrected chi connectivity index (χ0v) is 44.3. The zero-order chi connectivity index (χ0) is 49.6. The van der Waals surface area contributed by atoms with Crippen LogP contribution in [0.25, 0.3) is 0 Å². The van der Waals surface area contributed by atoms with Crippen molar-refractivity contribution in [3.8, 4) is 0 Å². The van der Waals surface area contributed by atoms with Crippen LogP contribution >= 0.6 is 0 Å². The number of carbonyl (C=O) groups excluding carboxylic acids is 1. The summed E-state index contributed by atoms with van der Waals surface area (Å²) in [6.45, 7) is 4.01. The van der Waals surface area contributed by atoms with Crippen LogP contribution < -0.4 is 0 Å². The molecule has 6 unspecified atom stereocenters. The average molecular weight is 989 g/mol. The van der Waals surface area contributed by atoms with E-state index in [2.05, 4.69) is 42.3 Å². The molecule has 0 amide bonds. The number of hydrogen-bond donors (Lipinski definition) is 4. The molecule has 12 nitrogen and oxygen atoms in total. The third-order valence-electron chi connectivity index (χ3n) is 13.1. The molecule has 0 aromatic carbocycles. The number of esters is 1. The maximum atomic E-state index is 12.9. The minimum atomic E-state index is -5.06.